The normalized spacial score (nSPS) is 11.1. The monoisotopic (exact) mass is 465 g/mol. The van der Waals surface area contributed by atoms with Crippen molar-refractivity contribution in [1.82, 2.24) is 5.32 Å². The lowest BCUT2D eigenvalue weighted by molar-refractivity contribution is -0.134. The summed E-state index contributed by atoms with van der Waals surface area (Å²) in [5.41, 5.74) is 3.04. The van der Waals surface area contributed by atoms with Crippen LogP contribution >= 0.6 is 11.6 Å². The molecule has 33 heavy (non-hydrogen) atoms. The van der Waals surface area contributed by atoms with E-state index >= 15 is 0 Å². The summed E-state index contributed by atoms with van der Waals surface area (Å²) in [5.74, 6) is -0.710. The molecule has 0 aromatic heterocycles. The highest BCUT2D eigenvalue weighted by molar-refractivity contribution is 6.32. The number of rotatable bonds is 9. The van der Waals surface area contributed by atoms with Gasteiger partial charge in [-0.05, 0) is 66.4 Å². The lowest BCUT2D eigenvalue weighted by atomic mass is 10.1. The topological polar surface area (TPSA) is 84.9 Å². The molecule has 0 spiro atoms. The molecule has 0 radical (unpaired) electrons. The molecule has 6 nitrogen and oxygen atoms in total. The van der Waals surface area contributed by atoms with Crippen molar-refractivity contribution in [3.8, 4) is 11.5 Å². The van der Waals surface area contributed by atoms with Crippen molar-refractivity contribution < 1.29 is 24.2 Å². The van der Waals surface area contributed by atoms with Crippen molar-refractivity contribution in [2.75, 3.05) is 6.61 Å². The number of amides is 1. The van der Waals surface area contributed by atoms with E-state index in [2.05, 4.69) is 5.32 Å². The van der Waals surface area contributed by atoms with E-state index in [4.69, 9.17) is 21.1 Å². The average Bonchev–Trinajstić information content (AvgIpc) is 2.80. The Morgan fingerprint density at radius 3 is 2.18 bits per heavy atom. The number of benzene rings is 3. The van der Waals surface area contributed by atoms with Crippen LogP contribution in [-0.4, -0.2) is 23.6 Å². The Bertz CT molecular complexity index is 1130. The fourth-order valence-electron chi connectivity index (χ4n) is 3.04. The number of hydrogen-bond donors (Lipinski definition) is 2. The van der Waals surface area contributed by atoms with E-state index in [1.807, 2.05) is 44.2 Å². The molecule has 0 unspecified atom stereocenters. The third kappa shape index (κ3) is 7.12. The number of aliphatic carboxylic acids is 1. The van der Waals surface area contributed by atoms with Crippen molar-refractivity contribution in [1.29, 1.82) is 0 Å². The average molecular weight is 466 g/mol. The molecule has 7 heteroatoms. The highest BCUT2D eigenvalue weighted by atomic mass is 35.5. The van der Waals surface area contributed by atoms with Gasteiger partial charge < -0.3 is 19.9 Å². The van der Waals surface area contributed by atoms with Crippen LogP contribution in [0.2, 0.25) is 5.02 Å². The smallest absolute Gasteiger partial charge is 0.352 e. The zero-order valence-electron chi connectivity index (χ0n) is 18.3. The second-order valence-corrected chi connectivity index (χ2v) is 7.79. The van der Waals surface area contributed by atoms with Gasteiger partial charge in [0.2, 0.25) is 0 Å². The second-order valence-electron chi connectivity index (χ2n) is 7.41. The van der Waals surface area contributed by atoms with Crippen LogP contribution in [0.3, 0.4) is 0 Å². The molecule has 3 aromatic rings. The minimum absolute atomic E-state index is 0.259. The number of ether oxygens (including phenoxy) is 2. The molecular formula is C26H24ClNO5. The Morgan fingerprint density at radius 1 is 0.939 bits per heavy atom. The van der Waals surface area contributed by atoms with Crippen molar-refractivity contribution in [2.45, 2.75) is 20.5 Å². The lowest BCUT2D eigenvalue weighted by Gasteiger charge is -2.11. The maximum Gasteiger partial charge on any atom is 0.352 e. The highest BCUT2D eigenvalue weighted by Crippen LogP contribution is 2.25. The molecule has 0 saturated heterocycles. The van der Waals surface area contributed by atoms with Gasteiger partial charge in [-0.25, -0.2) is 4.79 Å². The quantitative estimate of drug-likeness (QED) is 0.426. The number of aryl methyl sites for hydroxylation is 2. The van der Waals surface area contributed by atoms with Crippen molar-refractivity contribution in [2.24, 2.45) is 0 Å². The predicted octanol–water partition coefficient (Wildman–Crippen LogP) is 5.16. The van der Waals surface area contributed by atoms with Crippen molar-refractivity contribution >= 4 is 29.6 Å². The molecular weight excluding hydrogens is 442 g/mol. The summed E-state index contributed by atoms with van der Waals surface area (Å²) in [6.45, 7) is 3.77. The van der Waals surface area contributed by atoms with Gasteiger partial charge >= 0.3 is 5.97 Å². The summed E-state index contributed by atoms with van der Waals surface area (Å²) in [6.07, 6.45) is 1.37. The summed E-state index contributed by atoms with van der Waals surface area (Å²) in [7, 11) is 0. The van der Waals surface area contributed by atoms with E-state index in [9.17, 15) is 14.7 Å². The number of carbonyl (C=O) groups is 2. The van der Waals surface area contributed by atoms with Gasteiger partial charge in [-0.2, -0.15) is 0 Å². The molecule has 3 aromatic carbocycles. The van der Waals surface area contributed by atoms with Gasteiger partial charge in [-0.1, -0.05) is 54.1 Å². The van der Waals surface area contributed by atoms with Gasteiger partial charge in [0.25, 0.3) is 5.91 Å². The highest BCUT2D eigenvalue weighted by Gasteiger charge is 2.13. The van der Waals surface area contributed by atoms with E-state index in [0.717, 1.165) is 16.7 Å². The van der Waals surface area contributed by atoms with Crippen LogP contribution in [0.5, 0.6) is 11.5 Å². The predicted molar refractivity (Wildman–Crippen MR) is 127 cm³/mol. The zero-order chi connectivity index (χ0) is 23.8. The van der Waals surface area contributed by atoms with Crippen molar-refractivity contribution in [3.63, 3.8) is 0 Å². The molecule has 0 saturated carbocycles. The van der Waals surface area contributed by atoms with E-state index < -0.39 is 11.9 Å². The molecule has 0 fully saturated rings. The minimum Gasteiger partial charge on any atom is -0.489 e. The van der Waals surface area contributed by atoms with E-state index in [1.54, 1.807) is 36.4 Å². The summed E-state index contributed by atoms with van der Waals surface area (Å²) in [4.78, 5) is 23.8. The number of hydrogen-bond acceptors (Lipinski definition) is 4. The van der Waals surface area contributed by atoms with Gasteiger partial charge in [-0.15, -0.1) is 0 Å². The molecule has 1 amide bonds. The Hall–Kier alpha value is -3.77. The standard InChI is InChI=1S/C26H24ClNO5/c1-17-12-22(13-18(2)25(17)27)33-16-24(29)28-23(26(30)31)14-19-8-10-21(11-9-19)32-15-20-6-4-3-5-7-20/h3-14H,15-16H2,1-2H3,(H,28,29)(H,30,31)/b23-14+. The van der Waals surface area contributed by atoms with Crippen LogP contribution in [0.4, 0.5) is 0 Å². The number of carbonyl (C=O) groups excluding carboxylic acids is 1. The molecule has 0 aliphatic carbocycles. The molecule has 170 valence electrons. The van der Waals surface area contributed by atoms with Crippen LogP contribution in [-0.2, 0) is 16.2 Å². The zero-order valence-corrected chi connectivity index (χ0v) is 19.1. The fourth-order valence-corrected chi connectivity index (χ4v) is 3.15. The molecule has 0 atom stereocenters. The Labute approximate surface area is 197 Å². The first-order chi connectivity index (χ1) is 15.8. The Morgan fingerprint density at radius 2 is 1.58 bits per heavy atom. The largest absolute Gasteiger partial charge is 0.489 e. The fraction of sp³-hybridized carbons (Fsp3) is 0.154. The van der Waals surface area contributed by atoms with Crippen LogP contribution in [0.1, 0.15) is 22.3 Å². The molecule has 0 aliphatic rings. The van der Waals surface area contributed by atoms with Gasteiger partial charge in [-0.3, -0.25) is 4.79 Å². The second kappa shape index (κ2) is 11.2. The van der Waals surface area contributed by atoms with E-state index in [-0.39, 0.29) is 12.3 Å². The first-order valence-electron chi connectivity index (χ1n) is 10.2. The van der Waals surface area contributed by atoms with E-state index in [1.165, 1.54) is 6.08 Å². The summed E-state index contributed by atoms with van der Waals surface area (Å²) >= 11 is 6.13. The van der Waals surface area contributed by atoms with Gasteiger partial charge in [0.15, 0.2) is 6.61 Å². The summed E-state index contributed by atoms with van der Waals surface area (Å²) < 4.78 is 11.2. The van der Waals surface area contributed by atoms with Gasteiger partial charge in [0.05, 0.1) is 0 Å². The maximum atomic E-state index is 12.2. The Kier molecular flexibility index (Phi) is 8.11. The summed E-state index contributed by atoms with van der Waals surface area (Å²) in [5, 5.41) is 12.5. The number of halogens is 1. The molecule has 0 aliphatic heterocycles. The maximum absolute atomic E-state index is 12.2. The summed E-state index contributed by atoms with van der Waals surface area (Å²) in [6, 6.07) is 20.1. The Balaban J connectivity index is 1.59. The first kappa shape index (κ1) is 23.9. The third-order valence-electron chi connectivity index (χ3n) is 4.72. The van der Waals surface area contributed by atoms with Gasteiger partial charge in [0.1, 0.15) is 23.8 Å². The van der Waals surface area contributed by atoms with Crippen LogP contribution in [0.15, 0.2) is 72.4 Å². The molecule has 2 N–H and O–H groups in total. The van der Waals surface area contributed by atoms with Crippen LogP contribution in [0.25, 0.3) is 6.08 Å². The number of nitrogens with one attached hydrogen (secondary N) is 1. The SMILES string of the molecule is Cc1cc(OCC(=O)N/C(=C/c2ccc(OCc3ccccc3)cc2)C(=O)O)cc(C)c1Cl. The van der Waals surface area contributed by atoms with Crippen LogP contribution < -0.4 is 14.8 Å². The molecule has 0 heterocycles. The number of carboxylic acid groups (broad SMARTS) is 1. The van der Waals surface area contributed by atoms with E-state index in [0.29, 0.717) is 28.7 Å². The van der Waals surface area contributed by atoms with Crippen LogP contribution in [0, 0.1) is 13.8 Å². The minimum atomic E-state index is -1.26. The third-order valence-corrected chi connectivity index (χ3v) is 5.32. The van der Waals surface area contributed by atoms with Crippen molar-refractivity contribution in [3.05, 3.63) is 99.7 Å². The first-order valence-corrected chi connectivity index (χ1v) is 10.6. The lowest BCUT2D eigenvalue weighted by Crippen LogP contribution is -2.31. The van der Waals surface area contributed by atoms with Gasteiger partial charge in [0, 0.05) is 5.02 Å². The molecule has 3 rings (SSSR count). The number of carboxylic acids is 1. The molecule has 0 bridgehead atoms.